The molecule has 7 nitrogen and oxygen atoms in total. The quantitative estimate of drug-likeness (QED) is 0.212. The molecule has 218 valence electrons. The normalized spacial score (nSPS) is 11.3. The molecule has 0 fully saturated rings. The van der Waals surface area contributed by atoms with Crippen LogP contribution in [0.3, 0.4) is 0 Å². The van der Waals surface area contributed by atoms with Gasteiger partial charge in [0.2, 0.25) is 11.8 Å². The molecule has 0 saturated heterocycles. The van der Waals surface area contributed by atoms with Crippen LogP contribution < -0.4 is 19.5 Å². The van der Waals surface area contributed by atoms with Crippen LogP contribution in [0, 0.1) is 0 Å². The summed E-state index contributed by atoms with van der Waals surface area (Å²) in [5.74, 6) is 1.40. The Labute approximate surface area is 252 Å². The Bertz CT molecular complexity index is 1460. The summed E-state index contributed by atoms with van der Waals surface area (Å²) >= 11 is 6.14. The highest BCUT2D eigenvalue weighted by atomic mass is 35.5. The number of amides is 2. The van der Waals surface area contributed by atoms with Crippen molar-refractivity contribution < 1.29 is 23.8 Å². The van der Waals surface area contributed by atoms with E-state index in [0.717, 1.165) is 28.0 Å². The Hall–Kier alpha value is -4.49. The van der Waals surface area contributed by atoms with Gasteiger partial charge in [-0.05, 0) is 58.7 Å². The van der Waals surface area contributed by atoms with E-state index in [1.807, 2.05) is 72.8 Å². The highest BCUT2D eigenvalue weighted by Gasteiger charge is 2.30. The van der Waals surface area contributed by atoms with Crippen molar-refractivity contribution >= 4 is 23.4 Å². The average Bonchev–Trinajstić information content (AvgIpc) is 3.03. The average molecular weight is 587 g/mol. The molecule has 0 aliphatic carbocycles. The van der Waals surface area contributed by atoms with Crippen molar-refractivity contribution in [3.63, 3.8) is 0 Å². The number of halogens is 1. The van der Waals surface area contributed by atoms with Crippen LogP contribution in [0.2, 0.25) is 5.02 Å². The van der Waals surface area contributed by atoms with Gasteiger partial charge in [0.1, 0.15) is 11.8 Å². The van der Waals surface area contributed by atoms with Gasteiger partial charge in [0.15, 0.2) is 11.5 Å². The van der Waals surface area contributed by atoms with E-state index in [4.69, 9.17) is 25.8 Å². The maximum atomic E-state index is 14.1. The number of benzene rings is 4. The summed E-state index contributed by atoms with van der Waals surface area (Å²) in [6.45, 7) is 0.545. The Morgan fingerprint density at radius 2 is 1.38 bits per heavy atom. The second kappa shape index (κ2) is 14.9. The van der Waals surface area contributed by atoms with E-state index >= 15 is 0 Å². The van der Waals surface area contributed by atoms with E-state index in [1.165, 1.54) is 0 Å². The number of nitrogens with one attached hydrogen (secondary N) is 1. The van der Waals surface area contributed by atoms with Crippen molar-refractivity contribution in [2.24, 2.45) is 0 Å². The van der Waals surface area contributed by atoms with Crippen LogP contribution in [-0.4, -0.2) is 44.1 Å². The third-order valence-electron chi connectivity index (χ3n) is 6.97. The summed E-state index contributed by atoms with van der Waals surface area (Å²) in [5, 5.41) is 3.65. The fourth-order valence-electron chi connectivity index (χ4n) is 4.66. The smallest absolute Gasteiger partial charge is 0.243 e. The molecule has 0 aliphatic rings. The fourth-order valence-corrected chi connectivity index (χ4v) is 4.78. The van der Waals surface area contributed by atoms with Crippen LogP contribution in [0.1, 0.15) is 22.3 Å². The van der Waals surface area contributed by atoms with Crippen molar-refractivity contribution in [2.75, 3.05) is 21.3 Å². The Morgan fingerprint density at radius 1 is 0.738 bits per heavy atom. The molecule has 0 aromatic heterocycles. The monoisotopic (exact) mass is 586 g/mol. The fraction of sp³-hybridized carbons (Fsp3) is 0.235. The van der Waals surface area contributed by atoms with Crippen molar-refractivity contribution in [1.82, 2.24) is 10.2 Å². The molecule has 4 aromatic carbocycles. The molecular weight excluding hydrogens is 552 g/mol. The van der Waals surface area contributed by atoms with Gasteiger partial charge in [-0.25, -0.2) is 0 Å². The van der Waals surface area contributed by atoms with Gasteiger partial charge in [-0.15, -0.1) is 0 Å². The minimum absolute atomic E-state index is 0.0744. The first-order chi connectivity index (χ1) is 20.4. The number of methoxy groups -OCH3 is 3. The summed E-state index contributed by atoms with van der Waals surface area (Å²) in [5.41, 5.74) is 3.47. The van der Waals surface area contributed by atoms with Crippen LogP contribution in [0.4, 0.5) is 0 Å². The summed E-state index contributed by atoms with van der Waals surface area (Å²) in [7, 11) is 4.73. The van der Waals surface area contributed by atoms with E-state index in [9.17, 15) is 9.59 Å². The molecule has 42 heavy (non-hydrogen) atoms. The summed E-state index contributed by atoms with van der Waals surface area (Å²) in [6.07, 6.45) is 0.422. The zero-order valence-corrected chi connectivity index (χ0v) is 24.8. The van der Waals surface area contributed by atoms with E-state index in [0.29, 0.717) is 29.5 Å². The third-order valence-corrected chi connectivity index (χ3v) is 7.22. The van der Waals surface area contributed by atoms with Gasteiger partial charge < -0.3 is 24.4 Å². The minimum atomic E-state index is -0.769. The van der Waals surface area contributed by atoms with Crippen molar-refractivity contribution in [2.45, 2.75) is 32.0 Å². The van der Waals surface area contributed by atoms with Gasteiger partial charge in [0, 0.05) is 24.5 Å². The molecule has 4 aromatic rings. The Balaban J connectivity index is 1.65. The molecule has 0 aliphatic heterocycles. The van der Waals surface area contributed by atoms with Gasteiger partial charge in [-0.3, -0.25) is 9.59 Å². The van der Waals surface area contributed by atoms with E-state index in [2.05, 4.69) is 5.32 Å². The van der Waals surface area contributed by atoms with Crippen LogP contribution in [-0.2, 0) is 35.5 Å². The number of nitrogens with zero attached hydrogens (tertiary/aromatic N) is 1. The molecule has 0 bridgehead atoms. The molecule has 0 saturated carbocycles. The van der Waals surface area contributed by atoms with Gasteiger partial charge in [-0.2, -0.15) is 0 Å². The topological polar surface area (TPSA) is 77.1 Å². The zero-order chi connectivity index (χ0) is 29.9. The van der Waals surface area contributed by atoms with Crippen LogP contribution >= 0.6 is 11.6 Å². The van der Waals surface area contributed by atoms with Crippen LogP contribution in [0.5, 0.6) is 17.2 Å². The molecule has 0 heterocycles. The van der Waals surface area contributed by atoms with Gasteiger partial charge >= 0.3 is 0 Å². The van der Waals surface area contributed by atoms with Crippen LogP contribution in [0.25, 0.3) is 0 Å². The highest BCUT2D eigenvalue weighted by Crippen LogP contribution is 2.28. The SMILES string of the molecule is COc1ccc(CNC(=O)[C@@H](Cc2ccccc2)N(Cc2ccc(Cl)cc2)C(=O)Cc2ccc(OC)c(OC)c2)cc1. The number of carbonyl (C=O) groups is 2. The maximum absolute atomic E-state index is 14.1. The number of hydrogen-bond donors (Lipinski definition) is 1. The zero-order valence-electron chi connectivity index (χ0n) is 24.0. The van der Waals surface area contributed by atoms with Gasteiger partial charge in [0.25, 0.3) is 0 Å². The van der Waals surface area contributed by atoms with E-state index in [-0.39, 0.29) is 24.8 Å². The van der Waals surface area contributed by atoms with Crippen molar-refractivity contribution in [1.29, 1.82) is 0 Å². The van der Waals surface area contributed by atoms with E-state index in [1.54, 1.807) is 50.5 Å². The standard InChI is InChI=1S/C34H35ClN2O5/c1-40-29-16-11-25(12-17-29)22-36-34(39)30(19-24-7-5-4-6-8-24)37(23-26-9-14-28(35)15-10-26)33(38)21-27-13-18-31(41-2)32(20-27)42-3/h4-18,20,30H,19,21-23H2,1-3H3,(H,36,39)/t30-/m1/s1. The largest absolute Gasteiger partial charge is 0.497 e. The lowest BCUT2D eigenvalue weighted by Gasteiger charge is -2.32. The molecule has 0 unspecified atom stereocenters. The predicted octanol–water partition coefficient (Wildman–Crippen LogP) is 5.86. The van der Waals surface area contributed by atoms with Crippen molar-refractivity contribution in [3.05, 3.63) is 124 Å². The van der Waals surface area contributed by atoms with Crippen molar-refractivity contribution in [3.8, 4) is 17.2 Å². The molecule has 1 atom stereocenters. The van der Waals surface area contributed by atoms with Crippen LogP contribution in [0.15, 0.2) is 97.1 Å². The maximum Gasteiger partial charge on any atom is 0.243 e. The molecule has 2 amide bonds. The molecule has 0 spiro atoms. The summed E-state index contributed by atoms with van der Waals surface area (Å²) in [6, 6.07) is 29.1. The Morgan fingerprint density at radius 3 is 2.02 bits per heavy atom. The Kier molecular flexibility index (Phi) is 10.8. The second-order valence-corrected chi connectivity index (χ2v) is 10.2. The third kappa shape index (κ3) is 8.27. The number of hydrogen-bond acceptors (Lipinski definition) is 5. The number of ether oxygens (including phenoxy) is 3. The molecule has 8 heteroatoms. The second-order valence-electron chi connectivity index (χ2n) is 9.79. The summed E-state index contributed by atoms with van der Waals surface area (Å²) < 4.78 is 16.0. The van der Waals surface area contributed by atoms with Gasteiger partial charge in [-0.1, -0.05) is 72.3 Å². The first kappa shape index (κ1) is 30.5. The molecule has 1 N–H and O–H groups in total. The lowest BCUT2D eigenvalue weighted by molar-refractivity contribution is -0.140. The lowest BCUT2D eigenvalue weighted by atomic mass is 10.0. The van der Waals surface area contributed by atoms with E-state index < -0.39 is 6.04 Å². The molecular formula is C34H35ClN2O5. The number of carbonyl (C=O) groups excluding carboxylic acids is 2. The lowest BCUT2D eigenvalue weighted by Crippen LogP contribution is -2.50. The molecule has 4 rings (SSSR count). The number of rotatable bonds is 13. The first-order valence-electron chi connectivity index (χ1n) is 13.6. The predicted molar refractivity (Wildman–Crippen MR) is 164 cm³/mol. The van der Waals surface area contributed by atoms with Gasteiger partial charge in [0.05, 0.1) is 27.8 Å². The highest BCUT2D eigenvalue weighted by molar-refractivity contribution is 6.30. The first-order valence-corrected chi connectivity index (χ1v) is 14.0. The summed E-state index contributed by atoms with van der Waals surface area (Å²) in [4.78, 5) is 29.6. The minimum Gasteiger partial charge on any atom is -0.497 e. The molecule has 0 radical (unpaired) electrons.